The van der Waals surface area contributed by atoms with Gasteiger partial charge in [-0.25, -0.2) is 9.97 Å². The van der Waals surface area contributed by atoms with Crippen LogP contribution in [0.4, 0.5) is 5.82 Å². The van der Waals surface area contributed by atoms with Crippen molar-refractivity contribution in [2.75, 3.05) is 19.5 Å². The maximum atomic E-state index is 6.44. The van der Waals surface area contributed by atoms with E-state index in [4.69, 9.17) is 21.1 Å². The lowest BCUT2D eigenvalue weighted by Gasteiger charge is -2.11. The summed E-state index contributed by atoms with van der Waals surface area (Å²) in [6, 6.07) is 2.31. The van der Waals surface area contributed by atoms with Crippen molar-refractivity contribution in [1.29, 1.82) is 0 Å². The van der Waals surface area contributed by atoms with Gasteiger partial charge in [-0.05, 0) is 34.8 Å². The van der Waals surface area contributed by atoms with Crippen LogP contribution in [0.3, 0.4) is 0 Å². The highest BCUT2D eigenvalue weighted by Crippen LogP contribution is 2.42. The number of rotatable bonds is 4. The third-order valence-corrected chi connectivity index (χ3v) is 6.26. The molecule has 0 spiro atoms. The van der Waals surface area contributed by atoms with Gasteiger partial charge in [0.2, 0.25) is 0 Å². The molecule has 2 aromatic heterocycles. The van der Waals surface area contributed by atoms with Gasteiger partial charge in [0, 0.05) is 11.4 Å². The summed E-state index contributed by atoms with van der Waals surface area (Å²) in [4.78, 5) is 8.78. The number of aromatic nitrogens is 2. The van der Waals surface area contributed by atoms with E-state index in [1.807, 2.05) is 5.38 Å². The molecule has 138 valence electrons. The van der Waals surface area contributed by atoms with Crippen LogP contribution < -0.4 is 14.8 Å². The zero-order chi connectivity index (χ0) is 19.0. The van der Waals surface area contributed by atoms with Crippen LogP contribution in [0.15, 0.2) is 22.2 Å². The topological polar surface area (TPSA) is 56.3 Å². The van der Waals surface area contributed by atoms with Crippen LogP contribution in [-0.2, 0) is 0 Å². The lowest BCUT2D eigenvalue weighted by Crippen LogP contribution is -2.03. The Bertz CT molecular complexity index is 1090. The number of benzene rings is 1. The maximum Gasteiger partial charge on any atom is 0.156 e. The Morgan fingerprint density at radius 1 is 1.22 bits per heavy atom. The Labute approximate surface area is 174 Å². The number of hydrogen-bond donors (Lipinski definition) is 1. The number of nitrogens with one attached hydrogen (secondary N) is 1. The minimum atomic E-state index is 0.433. The van der Waals surface area contributed by atoms with Crippen molar-refractivity contribution in [3.05, 3.63) is 38.4 Å². The van der Waals surface area contributed by atoms with Gasteiger partial charge in [-0.15, -0.1) is 11.3 Å². The molecule has 1 aliphatic carbocycles. The Kier molecular flexibility index (Phi) is 5.13. The third kappa shape index (κ3) is 3.57. The number of methoxy groups -OCH3 is 2. The van der Waals surface area contributed by atoms with Gasteiger partial charge < -0.3 is 14.8 Å². The van der Waals surface area contributed by atoms with Crippen molar-refractivity contribution in [3.63, 3.8) is 0 Å². The largest absolute Gasteiger partial charge is 0.495 e. The van der Waals surface area contributed by atoms with Crippen molar-refractivity contribution >= 4 is 54.9 Å². The predicted molar refractivity (Wildman–Crippen MR) is 112 cm³/mol. The molecule has 1 fully saturated rings. The summed E-state index contributed by atoms with van der Waals surface area (Å²) >= 11 is 11.5. The van der Waals surface area contributed by atoms with E-state index in [1.165, 1.54) is 12.8 Å². The van der Waals surface area contributed by atoms with Gasteiger partial charge in [0.25, 0.3) is 0 Å². The molecule has 0 radical (unpaired) electrons. The van der Waals surface area contributed by atoms with Crippen LogP contribution in [0.2, 0.25) is 5.02 Å². The van der Waals surface area contributed by atoms with Gasteiger partial charge in [0.05, 0.1) is 35.1 Å². The molecule has 5 nitrogen and oxygen atoms in total. The van der Waals surface area contributed by atoms with Crippen LogP contribution in [0.5, 0.6) is 11.5 Å². The van der Waals surface area contributed by atoms with Crippen LogP contribution in [-0.4, -0.2) is 30.2 Å². The lowest BCUT2D eigenvalue weighted by atomic mass is 10.2. The average Bonchev–Trinajstić information content (AvgIpc) is 3.39. The molecule has 0 bridgehead atoms. The van der Waals surface area contributed by atoms with Gasteiger partial charge >= 0.3 is 0 Å². The number of fused-ring (bicyclic) bond motifs is 1. The molecule has 0 amide bonds. The van der Waals surface area contributed by atoms with Crippen LogP contribution in [0.25, 0.3) is 10.2 Å². The number of nitrogens with zero attached hydrogens (tertiary/aromatic N) is 2. The summed E-state index contributed by atoms with van der Waals surface area (Å²) < 4.78 is 12.4. The number of anilines is 1. The quantitative estimate of drug-likeness (QED) is 0.545. The smallest absolute Gasteiger partial charge is 0.156 e. The van der Waals surface area contributed by atoms with Crippen LogP contribution in [0.1, 0.15) is 24.0 Å². The maximum absolute atomic E-state index is 6.44. The summed E-state index contributed by atoms with van der Waals surface area (Å²) in [7, 11) is 3.14. The molecule has 8 heteroatoms. The molecular weight excluding hydrogens is 450 g/mol. The molecule has 0 atom stereocenters. The van der Waals surface area contributed by atoms with Crippen molar-refractivity contribution in [3.8, 4) is 23.3 Å². The molecule has 0 aliphatic heterocycles. The predicted octanol–water partition coefficient (Wildman–Crippen LogP) is 5.10. The normalized spacial score (nSPS) is 13.2. The fourth-order valence-corrected chi connectivity index (χ4v) is 4.53. The zero-order valence-corrected chi connectivity index (χ0v) is 17.8. The number of thiophene rings is 1. The molecule has 27 heavy (non-hydrogen) atoms. The fraction of sp³-hybridized carbons (Fsp3) is 0.263. The summed E-state index contributed by atoms with van der Waals surface area (Å²) in [6.45, 7) is 0. The Balaban J connectivity index is 1.75. The highest BCUT2D eigenvalue weighted by Gasteiger charge is 2.23. The van der Waals surface area contributed by atoms with E-state index < -0.39 is 0 Å². The zero-order valence-electron chi connectivity index (χ0n) is 14.6. The van der Waals surface area contributed by atoms with Crippen LogP contribution >= 0.6 is 38.9 Å². The molecule has 0 unspecified atom stereocenters. The van der Waals surface area contributed by atoms with E-state index in [0.29, 0.717) is 32.6 Å². The van der Waals surface area contributed by atoms with E-state index in [0.717, 1.165) is 21.6 Å². The van der Waals surface area contributed by atoms with Gasteiger partial charge in [-0.2, -0.15) is 0 Å². The molecular formula is C19H15BrClN3O2S. The Morgan fingerprint density at radius 2 is 2.00 bits per heavy atom. The van der Waals surface area contributed by atoms with E-state index in [1.54, 1.807) is 38.0 Å². The Morgan fingerprint density at radius 3 is 2.70 bits per heavy atom. The van der Waals surface area contributed by atoms with Crippen molar-refractivity contribution in [2.24, 2.45) is 0 Å². The highest BCUT2D eigenvalue weighted by atomic mass is 79.9. The third-order valence-electron chi connectivity index (χ3n) is 4.15. The second-order valence-corrected chi connectivity index (χ2v) is 8.06. The molecule has 1 N–H and O–H groups in total. The number of ether oxygens (including phenoxy) is 2. The van der Waals surface area contributed by atoms with Gasteiger partial charge in [0.1, 0.15) is 27.9 Å². The van der Waals surface area contributed by atoms with E-state index in [9.17, 15) is 0 Å². The first-order valence-corrected chi connectivity index (χ1v) is 10.3. The molecule has 2 heterocycles. The second kappa shape index (κ2) is 7.55. The summed E-state index contributed by atoms with van der Waals surface area (Å²) in [5.41, 5.74) is 2.31. The summed E-state index contributed by atoms with van der Waals surface area (Å²) in [5.74, 6) is 8.27. The molecule has 1 saturated carbocycles. The summed E-state index contributed by atoms with van der Waals surface area (Å²) in [6.07, 6.45) is 3.95. The SMILES string of the molecule is COc1cc(C#Cc2csc3c(NC4CC4)ncnc23)c(Cl)c(OC)c1Br. The standard InChI is InChI=1S/C19H15BrClN3O2S/c1-25-13-7-10(15(21)17(26-2)14(13)20)3-4-11-8-27-18-16(11)22-9-23-19(18)24-12-5-6-12/h7-9,12H,5-6H2,1-2H3,(H,22,23,24). The first-order valence-electron chi connectivity index (χ1n) is 8.23. The summed E-state index contributed by atoms with van der Waals surface area (Å²) in [5, 5.41) is 5.87. The minimum Gasteiger partial charge on any atom is -0.495 e. The fourth-order valence-electron chi connectivity index (χ4n) is 2.61. The monoisotopic (exact) mass is 463 g/mol. The number of halogens is 2. The van der Waals surface area contributed by atoms with Crippen LogP contribution in [0, 0.1) is 11.8 Å². The lowest BCUT2D eigenvalue weighted by molar-refractivity contribution is 0.389. The molecule has 0 saturated heterocycles. The molecule has 1 aliphatic rings. The van der Waals surface area contributed by atoms with E-state index in [2.05, 4.69) is 43.1 Å². The van der Waals surface area contributed by atoms with Gasteiger partial charge in [0.15, 0.2) is 5.75 Å². The van der Waals surface area contributed by atoms with E-state index >= 15 is 0 Å². The average molecular weight is 465 g/mol. The first kappa shape index (κ1) is 18.4. The second-order valence-electron chi connectivity index (χ2n) is 6.01. The molecule has 3 aromatic rings. The van der Waals surface area contributed by atoms with Gasteiger partial charge in [-0.3, -0.25) is 0 Å². The van der Waals surface area contributed by atoms with Crippen molar-refractivity contribution < 1.29 is 9.47 Å². The first-order chi connectivity index (χ1) is 13.1. The van der Waals surface area contributed by atoms with Gasteiger partial charge in [-0.1, -0.05) is 23.4 Å². The molecule has 4 rings (SSSR count). The van der Waals surface area contributed by atoms with E-state index in [-0.39, 0.29) is 0 Å². The minimum absolute atomic E-state index is 0.433. The Hall–Kier alpha value is -2.01. The van der Waals surface area contributed by atoms with Crippen molar-refractivity contribution in [2.45, 2.75) is 18.9 Å². The molecule has 1 aromatic carbocycles. The highest BCUT2D eigenvalue weighted by molar-refractivity contribution is 9.10. The van der Waals surface area contributed by atoms with Crippen molar-refractivity contribution in [1.82, 2.24) is 9.97 Å². The number of hydrogen-bond acceptors (Lipinski definition) is 6.